The molecule has 0 aliphatic rings. The van der Waals surface area contributed by atoms with E-state index in [1.807, 2.05) is 6.92 Å². The fraction of sp³-hybridized carbons (Fsp3) is 0.714. The quantitative estimate of drug-likeness (QED) is 0.622. The third kappa shape index (κ3) is 5.28. The molecule has 0 saturated heterocycles. The second kappa shape index (κ2) is 4.04. The highest BCUT2D eigenvalue weighted by molar-refractivity contribution is 5.78. The van der Waals surface area contributed by atoms with E-state index < -0.39 is 0 Å². The molecule has 1 atom stereocenters. The summed E-state index contributed by atoms with van der Waals surface area (Å²) in [6.45, 7) is 3.35. The smallest absolute Gasteiger partial charge is 0.217 e. The average molecular weight is 143 g/mol. The number of hydrogen-bond acceptors (Lipinski definition) is 2. The van der Waals surface area contributed by atoms with Crippen molar-refractivity contribution in [3.8, 4) is 0 Å². The SMILES string of the molecule is CC(=O)C[C@@H](C)CC(N)=O. The fourth-order valence-corrected chi connectivity index (χ4v) is 0.906. The van der Waals surface area contributed by atoms with Gasteiger partial charge in [-0.2, -0.15) is 0 Å². The molecule has 0 rings (SSSR count). The number of nitrogens with two attached hydrogens (primary N) is 1. The highest BCUT2D eigenvalue weighted by atomic mass is 16.1. The van der Waals surface area contributed by atoms with Crippen LogP contribution in [0.15, 0.2) is 0 Å². The number of carbonyl (C=O) groups is 2. The van der Waals surface area contributed by atoms with Crippen molar-refractivity contribution in [3.63, 3.8) is 0 Å². The van der Waals surface area contributed by atoms with Crippen LogP contribution >= 0.6 is 0 Å². The molecular formula is C7H13NO2. The van der Waals surface area contributed by atoms with Gasteiger partial charge in [0, 0.05) is 12.8 Å². The van der Waals surface area contributed by atoms with E-state index in [1.54, 1.807) is 0 Å². The van der Waals surface area contributed by atoms with Crippen molar-refractivity contribution in [1.82, 2.24) is 0 Å². The Kier molecular flexibility index (Phi) is 3.69. The number of rotatable bonds is 4. The molecule has 0 aromatic carbocycles. The van der Waals surface area contributed by atoms with Crippen LogP contribution < -0.4 is 5.73 Å². The molecule has 0 aromatic heterocycles. The monoisotopic (exact) mass is 143 g/mol. The summed E-state index contributed by atoms with van der Waals surface area (Å²) in [6, 6.07) is 0. The molecule has 0 unspecified atom stereocenters. The number of hydrogen-bond donors (Lipinski definition) is 1. The van der Waals surface area contributed by atoms with Crippen LogP contribution in [-0.2, 0) is 9.59 Å². The number of primary amides is 1. The van der Waals surface area contributed by atoms with Crippen LogP contribution in [0.5, 0.6) is 0 Å². The van der Waals surface area contributed by atoms with Gasteiger partial charge in [0.2, 0.25) is 5.91 Å². The molecule has 0 aliphatic carbocycles. The van der Waals surface area contributed by atoms with Gasteiger partial charge in [-0.05, 0) is 12.8 Å². The van der Waals surface area contributed by atoms with Gasteiger partial charge in [0.25, 0.3) is 0 Å². The number of ketones is 1. The molecule has 0 radical (unpaired) electrons. The molecule has 58 valence electrons. The van der Waals surface area contributed by atoms with Gasteiger partial charge in [-0.3, -0.25) is 4.79 Å². The molecule has 3 heteroatoms. The van der Waals surface area contributed by atoms with Crippen molar-refractivity contribution in [3.05, 3.63) is 0 Å². The predicted molar refractivity (Wildman–Crippen MR) is 38.3 cm³/mol. The van der Waals surface area contributed by atoms with Gasteiger partial charge in [-0.15, -0.1) is 0 Å². The standard InChI is InChI=1S/C7H13NO2/c1-5(3-6(2)9)4-7(8)10/h5H,3-4H2,1-2H3,(H2,8,10)/t5-/m1/s1. The fourth-order valence-electron chi connectivity index (χ4n) is 0.906. The maximum atomic E-state index is 10.5. The maximum Gasteiger partial charge on any atom is 0.217 e. The third-order valence-electron chi connectivity index (χ3n) is 1.19. The molecule has 0 spiro atoms. The highest BCUT2D eigenvalue weighted by Crippen LogP contribution is 2.06. The lowest BCUT2D eigenvalue weighted by atomic mass is 10.0. The van der Waals surface area contributed by atoms with Crippen molar-refractivity contribution < 1.29 is 9.59 Å². The van der Waals surface area contributed by atoms with Crippen LogP contribution in [0.1, 0.15) is 26.7 Å². The normalized spacial score (nSPS) is 12.6. The summed E-state index contributed by atoms with van der Waals surface area (Å²) in [5.74, 6) is -0.141. The van der Waals surface area contributed by atoms with E-state index >= 15 is 0 Å². The first-order chi connectivity index (χ1) is 4.52. The van der Waals surface area contributed by atoms with E-state index in [2.05, 4.69) is 0 Å². The summed E-state index contributed by atoms with van der Waals surface area (Å²) in [5, 5.41) is 0. The van der Waals surface area contributed by atoms with E-state index in [1.165, 1.54) is 6.92 Å². The summed E-state index contributed by atoms with van der Waals surface area (Å²) in [7, 11) is 0. The Bertz CT molecular complexity index is 127. The van der Waals surface area contributed by atoms with E-state index in [9.17, 15) is 9.59 Å². The van der Waals surface area contributed by atoms with Crippen molar-refractivity contribution >= 4 is 11.7 Å². The zero-order valence-electron chi connectivity index (χ0n) is 6.39. The van der Waals surface area contributed by atoms with E-state index in [0.717, 1.165) is 0 Å². The van der Waals surface area contributed by atoms with Crippen LogP contribution in [0.2, 0.25) is 0 Å². The summed E-state index contributed by atoms with van der Waals surface area (Å²) < 4.78 is 0. The minimum Gasteiger partial charge on any atom is -0.370 e. The van der Waals surface area contributed by atoms with E-state index in [4.69, 9.17) is 5.73 Å². The van der Waals surface area contributed by atoms with Crippen LogP contribution in [0, 0.1) is 5.92 Å². The number of Topliss-reactive ketones (excluding diaryl/α,β-unsaturated/α-hetero) is 1. The maximum absolute atomic E-state index is 10.5. The van der Waals surface area contributed by atoms with Crippen LogP contribution in [-0.4, -0.2) is 11.7 Å². The molecule has 1 amide bonds. The largest absolute Gasteiger partial charge is 0.370 e. The third-order valence-corrected chi connectivity index (χ3v) is 1.19. The van der Waals surface area contributed by atoms with E-state index in [-0.39, 0.29) is 17.6 Å². The molecule has 0 fully saturated rings. The number of carbonyl (C=O) groups excluding carboxylic acids is 2. The van der Waals surface area contributed by atoms with Crippen LogP contribution in [0.3, 0.4) is 0 Å². The van der Waals surface area contributed by atoms with Crippen LogP contribution in [0.4, 0.5) is 0 Å². The Morgan fingerprint density at radius 2 is 1.90 bits per heavy atom. The minimum atomic E-state index is -0.339. The lowest BCUT2D eigenvalue weighted by Gasteiger charge is -2.04. The Morgan fingerprint density at radius 3 is 2.20 bits per heavy atom. The molecule has 0 aliphatic heterocycles. The number of amides is 1. The molecule has 0 saturated carbocycles. The molecule has 0 bridgehead atoms. The summed E-state index contributed by atoms with van der Waals surface area (Å²) in [5.41, 5.74) is 4.92. The Morgan fingerprint density at radius 1 is 1.40 bits per heavy atom. The first-order valence-corrected chi connectivity index (χ1v) is 3.30. The predicted octanol–water partition coefficient (Wildman–Crippen LogP) is 0.477. The molecule has 0 aromatic rings. The van der Waals surface area contributed by atoms with Crippen molar-refractivity contribution in [2.45, 2.75) is 26.7 Å². The zero-order valence-corrected chi connectivity index (χ0v) is 6.39. The average Bonchev–Trinajstić information content (AvgIpc) is 1.58. The molecular weight excluding hydrogens is 130 g/mol. The van der Waals surface area contributed by atoms with Gasteiger partial charge >= 0.3 is 0 Å². The Hall–Kier alpha value is -0.860. The topological polar surface area (TPSA) is 60.2 Å². The second-order valence-corrected chi connectivity index (χ2v) is 2.68. The summed E-state index contributed by atoms with van der Waals surface area (Å²) >= 11 is 0. The van der Waals surface area contributed by atoms with E-state index in [0.29, 0.717) is 12.8 Å². The lowest BCUT2D eigenvalue weighted by Crippen LogP contribution is -2.15. The van der Waals surface area contributed by atoms with Gasteiger partial charge in [-0.25, -0.2) is 0 Å². The first-order valence-electron chi connectivity index (χ1n) is 3.30. The minimum absolute atomic E-state index is 0.0926. The van der Waals surface area contributed by atoms with Crippen molar-refractivity contribution in [2.24, 2.45) is 11.7 Å². The summed E-state index contributed by atoms with van der Waals surface area (Å²) in [4.78, 5) is 20.8. The molecule has 0 heterocycles. The molecule has 2 N–H and O–H groups in total. The van der Waals surface area contributed by atoms with Crippen molar-refractivity contribution in [2.75, 3.05) is 0 Å². The molecule has 3 nitrogen and oxygen atoms in total. The lowest BCUT2D eigenvalue weighted by molar-refractivity contribution is -0.120. The first kappa shape index (κ1) is 9.14. The highest BCUT2D eigenvalue weighted by Gasteiger charge is 2.07. The van der Waals surface area contributed by atoms with Gasteiger partial charge in [0.05, 0.1) is 0 Å². The van der Waals surface area contributed by atoms with Gasteiger partial charge in [0.15, 0.2) is 0 Å². The summed E-state index contributed by atoms with van der Waals surface area (Å²) in [6.07, 6.45) is 0.752. The van der Waals surface area contributed by atoms with Gasteiger partial charge < -0.3 is 10.5 Å². The molecule has 10 heavy (non-hydrogen) atoms. The Labute approximate surface area is 60.6 Å². The van der Waals surface area contributed by atoms with Gasteiger partial charge in [0.1, 0.15) is 5.78 Å². The van der Waals surface area contributed by atoms with Crippen LogP contribution in [0.25, 0.3) is 0 Å². The van der Waals surface area contributed by atoms with Crippen molar-refractivity contribution in [1.29, 1.82) is 0 Å². The zero-order chi connectivity index (χ0) is 8.15. The Balaban J connectivity index is 3.53. The second-order valence-electron chi connectivity index (χ2n) is 2.68. The van der Waals surface area contributed by atoms with Gasteiger partial charge in [-0.1, -0.05) is 6.92 Å².